The van der Waals surface area contributed by atoms with Crippen LogP contribution in [0.4, 0.5) is 13.2 Å². The number of piperazine rings is 1. The molecular formula is C16H21F3N2O3. The number of carbonyl (C=O) groups excluding carboxylic acids is 1. The molecule has 24 heavy (non-hydrogen) atoms. The van der Waals surface area contributed by atoms with Gasteiger partial charge in [-0.3, -0.25) is 9.69 Å². The zero-order chi connectivity index (χ0) is 18.1. The van der Waals surface area contributed by atoms with Gasteiger partial charge >= 0.3 is 6.18 Å². The van der Waals surface area contributed by atoms with E-state index in [1.807, 2.05) is 0 Å². The van der Waals surface area contributed by atoms with Crippen LogP contribution in [-0.2, 0) is 4.79 Å². The lowest BCUT2D eigenvalue weighted by Gasteiger charge is -2.44. The lowest BCUT2D eigenvalue weighted by atomic mass is 10.1. The van der Waals surface area contributed by atoms with Crippen LogP contribution < -0.4 is 4.74 Å². The summed E-state index contributed by atoms with van der Waals surface area (Å²) < 4.78 is 44.9. The summed E-state index contributed by atoms with van der Waals surface area (Å²) in [7, 11) is 1.42. The van der Waals surface area contributed by atoms with Gasteiger partial charge in [-0.25, -0.2) is 0 Å². The van der Waals surface area contributed by atoms with Gasteiger partial charge in [-0.05, 0) is 45.2 Å². The van der Waals surface area contributed by atoms with Gasteiger partial charge in [-0.1, -0.05) is 0 Å². The normalized spacial score (nSPS) is 23.8. The maximum absolute atomic E-state index is 13.2. The van der Waals surface area contributed by atoms with Crippen molar-refractivity contribution in [3.63, 3.8) is 0 Å². The van der Waals surface area contributed by atoms with Gasteiger partial charge in [0.25, 0.3) is 5.91 Å². The Labute approximate surface area is 138 Å². The van der Waals surface area contributed by atoms with Gasteiger partial charge in [0.2, 0.25) is 0 Å². The summed E-state index contributed by atoms with van der Waals surface area (Å²) in [5.41, 5.74) is 0. The lowest BCUT2D eigenvalue weighted by Crippen LogP contribution is -2.63. The van der Waals surface area contributed by atoms with E-state index in [1.165, 1.54) is 48.0 Å². The monoisotopic (exact) mass is 346 g/mol. The summed E-state index contributed by atoms with van der Waals surface area (Å²) in [5.74, 6) is -0.0669. The first-order valence-electron chi connectivity index (χ1n) is 7.62. The van der Waals surface area contributed by atoms with Gasteiger partial charge in [0.05, 0.1) is 0 Å². The van der Waals surface area contributed by atoms with Crippen molar-refractivity contribution in [1.82, 2.24) is 9.80 Å². The van der Waals surface area contributed by atoms with Crippen LogP contribution in [0.25, 0.3) is 0 Å². The van der Waals surface area contributed by atoms with Gasteiger partial charge < -0.3 is 14.7 Å². The molecule has 1 N–H and O–H groups in total. The van der Waals surface area contributed by atoms with Crippen molar-refractivity contribution in [2.75, 3.05) is 20.1 Å². The minimum Gasteiger partial charge on any atom is -0.508 e. The first-order chi connectivity index (χ1) is 11.1. The Balaban J connectivity index is 2.06. The van der Waals surface area contributed by atoms with E-state index in [0.29, 0.717) is 5.75 Å². The van der Waals surface area contributed by atoms with Crippen LogP contribution in [-0.4, -0.2) is 65.3 Å². The summed E-state index contributed by atoms with van der Waals surface area (Å²) in [6.45, 7) is 2.96. The Morgan fingerprint density at radius 3 is 2.42 bits per heavy atom. The number of halogens is 3. The summed E-state index contributed by atoms with van der Waals surface area (Å²) in [6.07, 6.45) is -5.32. The third-order valence-electron chi connectivity index (χ3n) is 4.25. The molecule has 0 aromatic heterocycles. The molecule has 0 radical (unpaired) electrons. The molecular weight excluding hydrogens is 325 g/mol. The van der Waals surface area contributed by atoms with Crippen LogP contribution in [0.5, 0.6) is 11.5 Å². The van der Waals surface area contributed by atoms with E-state index in [-0.39, 0.29) is 12.3 Å². The topological polar surface area (TPSA) is 53.0 Å². The number of phenolic OH excluding ortho intramolecular Hbond substituents is 1. The van der Waals surface area contributed by atoms with E-state index in [1.54, 1.807) is 6.92 Å². The van der Waals surface area contributed by atoms with E-state index in [9.17, 15) is 23.1 Å². The van der Waals surface area contributed by atoms with Crippen LogP contribution in [0.1, 0.15) is 13.8 Å². The van der Waals surface area contributed by atoms with E-state index < -0.39 is 36.8 Å². The molecule has 134 valence electrons. The molecule has 8 heteroatoms. The molecule has 1 aliphatic heterocycles. The molecule has 1 fully saturated rings. The standard InChI is InChI=1S/C16H21F3N2O3/c1-10-8-21(9-14(20(10)3)16(17,18)19)15(23)11(2)24-13-6-4-12(22)5-7-13/h4-7,10-11,14,22H,8-9H2,1-3H3. The molecule has 3 unspecified atom stereocenters. The van der Waals surface area contributed by atoms with Crippen LogP contribution in [0.3, 0.4) is 0 Å². The average Bonchev–Trinajstić information content (AvgIpc) is 2.50. The fraction of sp³-hybridized carbons (Fsp3) is 0.562. The maximum atomic E-state index is 13.2. The maximum Gasteiger partial charge on any atom is 0.405 e. The van der Waals surface area contributed by atoms with Crippen LogP contribution >= 0.6 is 0 Å². The van der Waals surface area contributed by atoms with Crippen molar-refractivity contribution >= 4 is 5.91 Å². The fourth-order valence-corrected chi connectivity index (χ4v) is 2.72. The van der Waals surface area contributed by atoms with Crippen molar-refractivity contribution in [2.24, 2.45) is 0 Å². The molecule has 1 aromatic rings. The lowest BCUT2D eigenvalue weighted by molar-refractivity contribution is -0.202. The molecule has 0 bridgehead atoms. The number of phenols is 1. The summed E-state index contributed by atoms with van der Waals surface area (Å²) in [6, 6.07) is 3.70. The summed E-state index contributed by atoms with van der Waals surface area (Å²) in [4.78, 5) is 14.9. The van der Waals surface area contributed by atoms with Gasteiger partial charge in [0.15, 0.2) is 6.10 Å². The highest BCUT2D eigenvalue weighted by molar-refractivity contribution is 5.81. The predicted molar refractivity (Wildman–Crippen MR) is 81.8 cm³/mol. The van der Waals surface area contributed by atoms with Crippen molar-refractivity contribution in [1.29, 1.82) is 0 Å². The van der Waals surface area contributed by atoms with Crippen LogP contribution in [0.15, 0.2) is 24.3 Å². The molecule has 0 aliphatic carbocycles. The van der Waals surface area contributed by atoms with E-state index in [2.05, 4.69) is 0 Å². The van der Waals surface area contributed by atoms with Crippen LogP contribution in [0, 0.1) is 0 Å². The highest BCUT2D eigenvalue weighted by Crippen LogP contribution is 2.29. The molecule has 2 rings (SSSR count). The molecule has 0 spiro atoms. The first-order valence-corrected chi connectivity index (χ1v) is 7.62. The number of nitrogens with zero attached hydrogens (tertiary/aromatic N) is 2. The van der Waals surface area contributed by atoms with E-state index >= 15 is 0 Å². The third kappa shape index (κ3) is 4.11. The second-order valence-electron chi connectivity index (χ2n) is 6.07. The highest BCUT2D eigenvalue weighted by Gasteiger charge is 2.48. The number of carbonyl (C=O) groups is 1. The van der Waals surface area contributed by atoms with Crippen molar-refractivity contribution in [3.05, 3.63) is 24.3 Å². The Bertz CT molecular complexity index is 577. The van der Waals surface area contributed by atoms with E-state index in [0.717, 1.165) is 0 Å². The second kappa shape index (κ2) is 6.88. The SMILES string of the molecule is CC(Oc1ccc(O)cc1)C(=O)N1CC(C)N(C)C(C(F)(F)F)C1. The average molecular weight is 346 g/mol. The molecule has 3 atom stereocenters. The quantitative estimate of drug-likeness (QED) is 0.912. The van der Waals surface area contributed by atoms with Crippen molar-refractivity contribution in [2.45, 2.75) is 38.2 Å². The molecule has 1 saturated heterocycles. The Morgan fingerprint density at radius 1 is 1.29 bits per heavy atom. The second-order valence-corrected chi connectivity index (χ2v) is 6.07. The van der Waals surface area contributed by atoms with Crippen LogP contribution in [0.2, 0.25) is 0 Å². The van der Waals surface area contributed by atoms with Gasteiger partial charge in [0.1, 0.15) is 17.5 Å². The number of hydrogen-bond donors (Lipinski definition) is 1. The van der Waals surface area contributed by atoms with Gasteiger partial charge in [-0.2, -0.15) is 13.2 Å². The highest BCUT2D eigenvalue weighted by atomic mass is 19.4. The summed E-state index contributed by atoms with van der Waals surface area (Å²) >= 11 is 0. The Kier molecular flexibility index (Phi) is 5.27. The molecule has 1 aromatic carbocycles. The van der Waals surface area contributed by atoms with Crippen molar-refractivity contribution in [3.8, 4) is 11.5 Å². The number of aromatic hydroxyl groups is 1. The summed E-state index contributed by atoms with van der Waals surface area (Å²) in [5, 5.41) is 9.22. The third-order valence-corrected chi connectivity index (χ3v) is 4.25. The number of rotatable bonds is 3. The fourth-order valence-electron chi connectivity index (χ4n) is 2.72. The number of amides is 1. The number of benzene rings is 1. The number of likely N-dealkylation sites (N-methyl/N-ethyl adjacent to an activating group) is 1. The minimum absolute atomic E-state index is 0.0576. The number of hydrogen-bond acceptors (Lipinski definition) is 4. The predicted octanol–water partition coefficient (Wildman–Crippen LogP) is 2.25. The Hall–Kier alpha value is -1.96. The molecule has 0 saturated carbocycles. The molecule has 1 heterocycles. The smallest absolute Gasteiger partial charge is 0.405 e. The number of ether oxygens (including phenoxy) is 1. The Morgan fingerprint density at radius 2 is 1.88 bits per heavy atom. The molecule has 1 aliphatic rings. The zero-order valence-electron chi connectivity index (χ0n) is 13.7. The van der Waals surface area contributed by atoms with E-state index in [4.69, 9.17) is 4.74 Å². The van der Waals surface area contributed by atoms with Gasteiger partial charge in [0, 0.05) is 19.1 Å². The largest absolute Gasteiger partial charge is 0.508 e. The zero-order valence-corrected chi connectivity index (χ0v) is 13.7. The van der Waals surface area contributed by atoms with Gasteiger partial charge in [-0.15, -0.1) is 0 Å². The minimum atomic E-state index is -4.40. The molecule has 1 amide bonds. The number of alkyl halides is 3. The first kappa shape index (κ1) is 18.4. The van der Waals surface area contributed by atoms with Crippen molar-refractivity contribution < 1.29 is 27.8 Å². The molecule has 5 nitrogen and oxygen atoms in total.